The third-order valence-electron chi connectivity index (χ3n) is 4.29. The quantitative estimate of drug-likeness (QED) is 0.818. The van der Waals surface area contributed by atoms with Crippen LogP contribution in [0.25, 0.3) is 0 Å². The highest BCUT2D eigenvalue weighted by Gasteiger charge is 2.34. The molecule has 2 atom stereocenters. The molecular formula is C15H19N3. The zero-order valence-corrected chi connectivity index (χ0v) is 10.8. The van der Waals surface area contributed by atoms with Gasteiger partial charge in [0.25, 0.3) is 0 Å². The van der Waals surface area contributed by atoms with Gasteiger partial charge < -0.3 is 10.2 Å². The number of benzene rings is 1. The molecular weight excluding hydrogens is 222 g/mol. The molecule has 1 N–H and O–H groups in total. The van der Waals surface area contributed by atoms with Crippen molar-refractivity contribution in [3.8, 4) is 6.07 Å². The Morgan fingerprint density at radius 2 is 2.28 bits per heavy atom. The summed E-state index contributed by atoms with van der Waals surface area (Å²) >= 11 is 0. The van der Waals surface area contributed by atoms with Crippen LogP contribution in [0.4, 0.5) is 5.69 Å². The molecule has 0 saturated carbocycles. The van der Waals surface area contributed by atoms with Gasteiger partial charge in [-0.15, -0.1) is 0 Å². The van der Waals surface area contributed by atoms with Crippen LogP contribution in [-0.2, 0) is 0 Å². The van der Waals surface area contributed by atoms with E-state index in [1.807, 2.05) is 13.0 Å². The van der Waals surface area contributed by atoms with E-state index in [1.165, 1.54) is 25.1 Å². The summed E-state index contributed by atoms with van der Waals surface area (Å²) in [6.45, 7) is 5.45. The molecule has 2 fully saturated rings. The predicted octanol–water partition coefficient (Wildman–Crippen LogP) is 2.05. The van der Waals surface area contributed by atoms with Gasteiger partial charge in [-0.25, -0.2) is 0 Å². The van der Waals surface area contributed by atoms with Crippen molar-refractivity contribution < 1.29 is 0 Å². The molecule has 2 aliphatic heterocycles. The van der Waals surface area contributed by atoms with Crippen molar-refractivity contribution in [2.75, 3.05) is 24.5 Å². The third-order valence-corrected chi connectivity index (χ3v) is 4.29. The van der Waals surface area contributed by atoms with E-state index in [2.05, 4.69) is 28.4 Å². The number of hydrogen-bond donors (Lipinski definition) is 1. The SMILES string of the molecule is Cc1cc(N2C[C@@H]3CCCN[C@@H]3C2)ccc1C#N. The number of fused-ring (bicyclic) bond motifs is 1. The molecule has 0 aromatic heterocycles. The minimum absolute atomic E-state index is 0.662. The van der Waals surface area contributed by atoms with Crippen LogP contribution >= 0.6 is 0 Å². The van der Waals surface area contributed by atoms with Gasteiger partial charge in [0.15, 0.2) is 0 Å². The zero-order valence-electron chi connectivity index (χ0n) is 10.8. The molecule has 1 aromatic carbocycles. The average molecular weight is 241 g/mol. The van der Waals surface area contributed by atoms with Crippen LogP contribution in [-0.4, -0.2) is 25.7 Å². The van der Waals surface area contributed by atoms with E-state index in [4.69, 9.17) is 5.26 Å². The minimum Gasteiger partial charge on any atom is -0.370 e. The fraction of sp³-hybridized carbons (Fsp3) is 0.533. The van der Waals surface area contributed by atoms with Crippen LogP contribution in [0, 0.1) is 24.2 Å². The second-order valence-electron chi connectivity index (χ2n) is 5.48. The molecule has 0 radical (unpaired) electrons. The van der Waals surface area contributed by atoms with Crippen molar-refractivity contribution in [1.82, 2.24) is 5.32 Å². The molecule has 18 heavy (non-hydrogen) atoms. The standard InChI is InChI=1S/C15H19N3/c1-11-7-14(5-4-12(11)8-16)18-9-13-3-2-6-17-15(13)10-18/h4-5,7,13,15,17H,2-3,6,9-10H2,1H3/t13-,15+/m0/s1. The molecule has 3 heteroatoms. The fourth-order valence-corrected chi connectivity index (χ4v) is 3.23. The molecule has 0 spiro atoms. The molecule has 2 saturated heterocycles. The zero-order chi connectivity index (χ0) is 12.5. The number of anilines is 1. The van der Waals surface area contributed by atoms with E-state index in [0.29, 0.717) is 6.04 Å². The van der Waals surface area contributed by atoms with Gasteiger partial charge in [-0.2, -0.15) is 5.26 Å². The molecule has 3 rings (SSSR count). The Morgan fingerprint density at radius 1 is 1.39 bits per heavy atom. The van der Waals surface area contributed by atoms with E-state index in [1.54, 1.807) is 0 Å². The Bertz CT molecular complexity index is 475. The molecule has 0 bridgehead atoms. The number of hydrogen-bond acceptors (Lipinski definition) is 3. The average Bonchev–Trinajstić information content (AvgIpc) is 2.82. The van der Waals surface area contributed by atoms with E-state index in [0.717, 1.165) is 30.1 Å². The maximum atomic E-state index is 8.97. The van der Waals surface area contributed by atoms with Crippen molar-refractivity contribution in [2.45, 2.75) is 25.8 Å². The molecule has 0 unspecified atom stereocenters. The first-order valence-electron chi connectivity index (χ1n) is 6.77. The van der Waals surface area contributed by atoms with E-state index >= 15 is 0 Å². The van der Waals surface area contributed by atoms with Crippen molar-refractivity contribution in [3.63, 3.8) is 0 Å². The lowest BCUT2D eigenvalue weighted by molar-refractivity contribution is 0.340. The summed E-state index contributed by atoms with van der Waals surface area (Å²) in [5, 5.41) is 12.6. The van der Waals surface area contributed by atoms with Gasteiger partial charge in [0, 0.05) is 24.8 Å². The first-order chi connectivity index (χ1) is 8.78. The number of piperidine rings is 1. The normalized spacial score (nSPS) is 26.8. The highest BCUT2D eigenvalue weighted by Crippen LogP contribution is 2.29. The largest absolute Gasteiger partial charge is 0.370 e. The fourth-order valence-electron chi connectivity index (χ4n) is 3.23. The van der Waals surface area contributed by atoms with Crippen LogP contribution in [0.3, 0.4) is 0 Å². The van der Waals surface area contributed by atoms with E-state index in [-0.39, 0.29) is 0 Å². The Morgan fingerprint density at radius 3 is 3.00 bits per heavy atom. The highest BCUT2D eigenvalue weighted by atomic mass is 15.2. The van der Waals surface area contributed by atoms with Crippen LogP contribution in [0.5, 0.6) is 0 Å². The lowest BCUT2D eigenvalue weighted by atomic mass is 9.94. The maximum Gasteiger partial charge on any atom is 0.0994 e. The Kier molecular flexibility index (Phi) is 2.97. The van der Waals surface area contributed by atoms with Gasteiger partial charge in [-0.1, -0.05) is 0 Å². The van der Waals surface area contributed by atoms with E-state index in [9.17, 15) is 0 Å². The summed E-state index contributed by atoms with van der Waals surface area (Å²) in [6.07, 6.45) is 2.66. The molecule has 1 aromatic rings. The molecule has 3 nitrogen and oxygen atoms in total. The van der Waals surface area contributed by atoms with Crippen LogP contribution < -0.4 is 10.2 Å². The predicted molar refractivity (Wildman–Crippen MR) is 72.6 cm³/mol. The maximum absolute atomic E-state index is 8.97. The summed E-state index contributed by atoms with van der Waals surface area (Å²) < 4.78 is 0. The van der Waals surface area contributed by atoms with Crippen molar-refractivity contribution >= 4 is 5.69 Å². The molecule has 0 amide bonds. The van der Waals surface area contributed by atoms with Crippen molar-refractivity contribution in [3.05, 3.63) is 29.3 Å². The second kappa shape index (κ2) is 4.62. The van der Waals surface area contributed by atoms with Crippen LogP contribution in [0.1, 0.15) is 24.0 Å². The minimum atomic E-state index is 0.662. The van der Waals surface area contributed by atoms with E-state index < -0.39 is 0 Å². The highest BCUT2D eigenvalue weighted by molar-refractivity contribution is 5.54. The first kappa shape index (κ1) is 11.6. The van der Waals surface area contributed by atoms with Gasteiger partial charge in [-0.3, -0.25) is 0 Å². The summed E-state index contributed by atoms with van der Waals surface area (Å²) in [7, 11) is 0. The molecule has 0 aliphatic carbocycles. The van der Waals surface area contributed by atoms with Crippen LogP contribution in [0.15, 0.2) is 18.2 Å². The second-order valence-corrected chi connectivity index (χ2v) is 5.48. The van der Waals surface area contributed by atoms with Gasteiger partial charge >= 0.3 is 0 Å². The van der Waals surface area contributed by atoms with Crippen molar-refractivity contribution in [1.29, 1.82) is 5.26 Å². The molecule has 2 aliphatic rings. The smallest absolute Gasteiger partial charge is 0.0994 e. The van der Waals surface area contributed by atoms with Crippen molar-refractivity contribution in [2.24, 2.45) is 5.92 Å². The van der Waals surface area contributed by atoms with Gasteiger partial charge in [0.05, 0.1) is 11.6 Å². The summed E-state index contributed by atoms with van der Waals surface area (Å²) in [5.41, 5.74) is 3.13. The first-order valence-corrected chi connectivity index (χ1v) is 6.77. The monoisotopic (exact) mass is 241 g/mol. The number of nitrogens with zero attached hydrogens (tertiary/aromatic N) is 2. The number of nitrogens with one attached hydrogen (secondary N) is 1. The Hall–Kier alpha value is -1.53. The Balaban J connectivity index is 1.80. The number of aryl methyl sites for hydroxylation is 1. The van der Waals surface area contributed by atoms with Gasteiger partial charge in [0.2, 0.25) is 0 Å². The van der Waals surface area contributed by atoms with Gasteiger partial charge in [-0.05, 0) is 56.0 Å². The lowest BCUT2D eigenvalue weighted by Gasteiger charge is -2.24. The summed E-state index contributed by atoms with van der Waals surface area (Å²) in [4.78, 5) is 2.46. The third kappa shape index (κ3) is 1.97. The number of nitriles is 1. The summed E-state index contributed by atoms with van der Waals surface area (Å²) in [6, 6.07) is 9.07. The lowest BCUT2D eigenvalue weighted by Crippen LogP contribution is -2.40. The van der Waals surface area contributed by atoms with Crippen LogP contribution in [0.2, 0.25) is 0 Å². The Labute approximate surface area is 108 Å². The molecule has 2 heterocycles. The summed E-state index contributed by atoms with van der Waals surface area (Å²) in [5.74, 6) is 0.801. The number of rotatable bonds is 1. The topological polar surface area (TPSA) is 39.1 Å². The molecule has 94 valence electrons. The van der Waals surface area contributed by atoms with Gasteiger partial charge in [0.1, 0.15) is 0 Å².